The van der Waals surface area contributed by atoms with Crippen molar-refractivity contribution in [3.05, 3.63) is 0 Å². The molecule has 11 heteroatoms. The van der Waals surface area contributed by atoms with Crippen LogP contribution in [-0.4, -0.2) is 93.1 Å². The summed E-state index contributed by atoms with van der Waals surface area (Å²) in [5.74, 6) is 4.63. The van der Waals surface area contributed by atoms with Gasteiger partial charge in [0.25, 0.3) is 0 Å². The van der Waals surface area contributed by atoms with Crippen molar-refractivity contribution in [2.75, 3.05) is 69.1 Å². The zero-order chi connectivity index (χ0) is 20.6. The topological polar surface area (TPSA) is 97.6 Å². The predicted octanol–water partition coefficient (Wildman–Crippen LogP) is 1.34. The number of nitrogens with two attached hydrogens (primary N) is 1. The van der Waals surface area contributed by atoms with Gasteiger partial charge in [-0.25, -0.2) is 0 Å². The number of ether oxygens (including phenoxy) is 2. The fraction of sp³-hybridized carbons (Fsp3) is 0.944. The van der Waals surface area contributed by atoms with E-state index in [1.54, 1.807) is 0 Å². The molecule has 0 saturated carbocycles. The first-order valence-corrected chi connectivity index (χ1v) is 15.4. The van der Waals surface area contributed by atoms with Gasteiger partial charge in [0.2, 0.25) is 5.91 Å². The van der Waals surface area contributed by atoms with Crippen LogP contribution in [0.3, 0.4) is 0 Å². The van der Waals surface area contributed by atoms with E-state index in [-0.39, 0.29) is 11.9 Å². The summed E-state index contributed by atoms with van der Waals surface area (Å²) in [4.78, 5) is 12.7. The maximum atomic E-state index is 12.7. The normalized spacial score (nSPS) is 19.1. The van der Waals surface area contributed by atoms with E-state index in [0.29, 0.717) is 51.6 Å². The maximum Gasteiger partial charge on any atom is 0.237 e. The Hall–Kier alpha value is 0.670. The van der Waals surface area contributed by atoms with Crippen LogP contribution in [0, 0.1) is 0 Å². The minimum atomic E-state index is -0.121. The fourth-order valence-corrected chi connectivity index (χ4v) is 8.33. The van der Waals surface area contributed by atoms with Crippen LogP contribution in [0.1, 0.15) is 19.3 Å². The summed E-state index contributed by atoms with van der Waals surface area (Å²) in [7, 11) is 7.67. The number of hydrogen-bond acceptors (Lipinski definition) is 10. The third-order valence-electron chi connectivity index (χ3n) is 4.53. The molecule has 2 rings (SSSR count). The predicted molar refractivity (Wildman–Crippen MR) is 130 cm³/mol. The molecule has 2 saturated heterocycles. The number of amides is 1. The van der Waals surface area contributed by atoms with Crippen molar-refractivity contribution in [2.45, 2.75) is 37.4 Å². The van der Waals surface area contributed by atoms with E-state index in [1.807, 2.05) is 43.2 Å². The largest absolute Gasteiger partial charge is 0.378 e. The van der Waals surface area contributed by atoms with E-state index in [9.17, 15) is 4.79 Å². The van der Waals surface area contributed by atoms with E-state index in [4.69, 9.17) is 15.2 Å². The van der Waals surface area contributed by atoms with Crippen LogP contribution in [0.25, 0.3) is 0 Å². The Morgan fingerprint density at radius 3 is 2.24 bits per heavy atom. The van der Waals surface area contributed by atoms with Gasteiger partial charge >= 0.3 is 0 Å². The second-order valence-electron chi connectivity index (χ2n) is 7.01. The molecule has 0 aromatic heterocycles. The molecule has 2 fully saturated rings. The zero-order valence-corrected chi connectivity index (χ0v) is 20.3. The molecule has 2 aliphatic rings. The molecule has 2 heterocycles. The van der Waals surface area contributed by atoms with Gasteiger partial charge in [-0.15, -0.1) is 0 Å². The lowest BCUT2D eigenvalue weighted by molar-refractivity contribution is -0.123. The highest BCUT2D eigenvalue weighted by Gasteiger charge is 2.24. The monoisotopic (exact) mass is 484 g/mol. The summed E-state index contributed by atoms with van der Waals surface area (Å²) in [5, 5.41) is 10.2. The highest BCUT2D eigenvalue weighted by Crippen LogP contribution is 2.31. The van der Waals surface area contributed by atoms with Gasteiger partial charge in [-0.1, -0.05) is 49.6 Å². The zero-order valence-electron chi connectivity index (χ0n) is 17.1. The average molecular weight is 485 g/mol. The Morgan fingerprint density at radius 2 is 1.55 bits per heavy atom. The Bertz CT molecular complexity index is 428. The lowest BCUT2D eigenvalue weighted by atomic mass is 10.1. The van der Waals surface area contributed by atoms with Crippen molar-refractivity contribution in [1.29, 1.82) is 0 Å². The van der Waals surface area contributed by atoms with Crippen molar-refractivity contribution >= 4 is 49.1 Å². The van der Waals surface area contributed by atoms with Gasteiger partial charge in [0.05, 0.1) is 32.5 Å². The maximum absolute atomic E-state index is 12.7. The van der Waals surface area contributed by atoms with Crippen LogP contribution in [0.2, 0.25) is 0 Å². The molecular weight excluding hydrogens is 448 g/mol. The first-order valence-electron chi connectivity index (χ1n) is 10.4. The molecule has 1 unspecified atom stereocenters. The van der Waals surface area contributed by atoms with Crippen molar-refractivity contribution in [3.63, 3.8) is 0 Å². The van der Waals surface area contributed by atoms with Gasteiger partial charge < -0.3 is 31.2 Å². The standard InChI is InChI=1S/C18H36N4O3S4/c19-4-7-24-9-10-25-8-6-21-18(23)17(22-16-13-28-29-14-16)3-1-2-5-20-15-11-26-27-12-15/h15-17,20,22H,1-14,19H2,(H,21,23). The molecule has 0 spiro atoms. The van der Waals surface area contributed by atoms with Gasteiger partial charge in [-0.05, 0) is 19.4 Å². The minimum Gasteiger partial charge on any atom is -0.378 e. The average Bonchev–Trinajstić information content (AvgIpc) is 3.43. The minimum absolute atomic E-state index is 0.0893. The van der Waals surface area contributed by atoms with Crippen LogP contribution in [-0.2, 0) is 14.3 Å². The highest BCUT2D eigenvalue weighted by atomic mass is 33.1. The van der Waals surface area contributed by atoms with Crippen LogP contribution < -0.4 is 21.7 Å². The van der Waals surface area contributed by atoms with E-state index in [2.05, 4.69) is 16.0 Å². The van der Waals surface area contributed by atoms with Gasteiger partial charge in [-0.2, -0.15) is 0 Å². The molecule has 29 heavy (non-hydrogen) atoms. The summed E-state index contributed by atoms with van der Waals surface area (Å²) < 4.78 is 10.7. The summed E-state index contributed by atoms with van der Waals surface area (Å²) >= 11 is 0. The Labute approximate surface area is 191 Å². The van der Waals surface area contributed by atoms with Gasteiger partial charge in [0.15, 0.2) is 0 Å². The molecule has 170 valence electrons. The molecule has 0 aliphatic carbocycles. The molecule has 0 aromatic rings. The molecule has 5 N–H and O–H groups in total. The SMILES string of the molecule is NCCOCCOCCNC(=O)C(CCCCNC1CSSC1)NC1CSSC1. The van der Waals surface area contributed by atoms with Crippen LogP contribution in [0.4, 0.5) is 0 Å². The Balaban J connectivity index is 1.58. The fourth-order valence-electron chi connectivity index (χ4n) is 2.96. The molecule has 2 aliphatic heterocycles. The number of carbonyl (C=O) groups is 1. The quantitative estimate of drug-likeness (QED) is 0.179. The van der Waals surface area contributed by atoms with Crippen LogP contribution >= 0.6 is 43.2 Å². The smallest absolute Gasteiger partial charge is 0.237 e. The summed E-state index contributed by atoms with van der Waals surface area (Å²) in [6, 6.07) is 0.947. The van der Waals surface area contributed by atoms with Crippen molar-refractivity contribution in [2.24, 2.45) is 5.73 Å². The van der Waals surface area contributed by atoms with E-state index in [1.165, 1.54) is 11.5 Å². The summed E-state index contributed by atoms with van der Waals surface area (Å²) in [6.07, 6.45) is 3.03. The Morgan fingerprint density at radius 1 is 0.897 bits per heavy atom. The van der Waals surface area contributed by atoms with Gasteiger partial charge in [0, 0.05) is 48.2 Å². The van der Waals surface area contributed by atoms with Crippen LogP contribution in [0.5, 0.6) is 0 Å². The first-order chi connectivity index (χ1) is 14.3. The third-order valence-corrected chi connectivity index (χ3v) is 9.65. The van der Waals surface area contributed by atoms with Crippen LogP contribution in [0.15, 0.2) is 0 Å². The van der Waals surface area contributed by atoms with Crippen molar-refractivity contribution < 1.29 is 14.3 Å². The molecule has 1 atom stereocenters. The van der Waals surface area contributed by atoms with Gasteiger partial charge in [0.1, 0.15) is 0 Å². The van der Waals surface area contributed by atoms with Crippen molar-refractivity contribution in [3.8, 4) is 0 Å². The number of carbonyl (C=O) groups excluding carboxylic acids is 1. The third kappa shape index (κ3) is 12.3. The second-order valence-corrected chi connectivity index (χ2v) is 12.1. The molecule has 7 nitrogen and oxygen atoms in total. The lowest BCUT2D eigenvalue weighted by Gasteiger charge is -2.22. The number of nitrogens with one attached hydrogen (secondary N) is 3. The lowest BCUT2D eigenvalue weighted by Crippen LogP contribution is -2.49. The second kappa shape index (κ2) is 17.3. The molecule has 0 aromatic carbocycles. The molecule has 0 bridgehead atoms. The number of hydrogen-bond donors (Lipinski definition) is 4. The Kier molecular flexibility index (Phi) is 15.4. The highest BCUT2D eigenvalue weighted by molar-refractivity contribution is 8.77. The summed E-state index contributed by atoms with van der Waals surface area (Å²) in [6.45, 7) is 4.21. The molecule has 1 amide bonds. The van der Waals surface area contributed by atoms with E-state index < -0.39 is 0 Å². The number of unbranched alkanes of at least 4 members (excludes halogenated alkanes) is 1. The molecular formula is C18H36N4O3S4. The first kappa shape index (κ1) is 25.9. The summed E-state index contributed by atoms with van der Waals surface area (Å²) in [5.41, 5.74) is 5.36. The van der Waals surface area contributed by atoms with Gasteiger partial charge in [-0.3, -0.25) is 4.79 Å². The van der Waals surface area contributed by atoms with Crippen molar-refractivity contribution in [1.82, 2.24) is 16.0 Å². The number of rotatable bonds is 17. The van der Waals surface area contributed by atoms with E-state index >= 15 is 0 Å². The van der Waals surface area contributed by atoms with E-state index in [0.717, 1.165) is 37.3 Å². The molecule has 0 radical (unpaired) electrons.